The fraction of sp³-hybridized carbons (Fsp3) is 0.364. The van der Waals surface area contributed by atoms with Crippen LogP contribution >= 0.6 is 11.8 Å². The standard InChI is InChI=1S/C11H9F3OS/c12-11(13,14)9-2-1-3-10-8(9)6-7(16-10)4-5-15/h1-3,5,7H,4,6H2. The minimum atomic E-state index is -4.30. The van der Waals surface area contributed by atoms with Crippen molar-refractivity contribution >= 4 is 18.0 Å². The van der Waals surface area contributed by atoms with Gasteiger partial charge in [0, 0.05) is 16.6 Å². The van der Waals surface area contributed by atoms with Crippen molar-refractivity contribution in [3.05, 3.63) is 29.3 Å². The van der Waals surface area contributed by atoms with E-state index in [2.05, 4.69) is 0 Å². The maximum Gasteiger partial charge on any atom is 0.416 e. The van der Waals surface area contributed by atoms with Crippen LogP contribution in [0, 0.1) is 0 Å². The summed E-state index contributed by atoms with van der Waals surface area (Å²) in [6.07, 6.45) is -2.91. The number of carbonyl (C=O) groups excluding carboxylic acids is 1. The van der Waals surface area contributed by atoms with Crippen LogP contribution in [-0.2, 0) is 17.4 Å². The Morgan fingerprint density at radius 3 is 2.81 bits per heavy atom. The monoisotopic (exact) mass is 246 g/mol. The molecule has 0 saturated heterocycles. The second-order valence-electron chi connectivity index (χ2n) is 3.63. The molecule has 1 nitrogen and oxygen atoms in total. The van der Waals surface area contributed by atoms with E-state index >= 15 is 0 Å². The molecule has 2 rings (SSSR count). The average molecular weight is 246 g/mol. The molecule has 0 amide bonds. The predicted molar refractivity (Wildman–Crippen MR) is 55.5 cm³/mol. The molecule has 16 heavy (non-hydrogen) atoms. The van der Waals surface area contributed by atoms with Gasteiger partial charge in [-0.15, -0.1) is 11.8 Å². The minimum absolute atomic E-state index is 0.0454. The Morgan fingerprint density at radius 2 is 2.19 bits per heavy atom. The zero-order valence-electron chi connectivity index (χ0n) is 8.25. The van der Waals surface area contributed by atoms with E-state index in [4.69, 9.17) is 0 Å². The predicted octanol–water partition coefficient (Wildman–Crippen LogP) is 3.31. The van der Waals surface area contributed by atoms with Gasteiger partial charge in [0.25, 0.3) is 0 Å². The summed E-state index contributed by atoms with van der Waals surface area (Å²) in [4.78, 5) is 11.0. The van der Waals surface area contributed by atoms with Crippen LogP contribution in [0.25, 0.3) is 0 Å². The summed E-state index contributed by atoms with van der Waals surface area (Å²) >= 11 is 1.36. The largest absolute Gasteiger partial charge is 0.416 e. The van der Waals surface area contributed by atoms with Crippen LogP contribution in [0.2, 0.25) is 0 Å². The number of rotatable bonds is 2. The number of benzene rings is 1. The molecular formula is C11H9F3OS. The van der Waals surface area contributed by atoms with Gasteiger partial charge in [-0.1, -0.05) is 6.07 Å². The maximum absolute atomic E-state index is 12.7. The third-order valence-electron chi connectivity index (χ3n) is 2.52. The SMILES string of the molecule is O=CCC1Cc2c(cccc2C(F)(F)F)S1. The van der Waals surface area contributed by atoms with Gasteiger partial charge < -0.3 is 4.79 Å². The first kappa shape index (κ1) is 11.5. The Kier molecular flexibility index (Phi) is 2.97. The second kappa shape index (κ2) is 4.13. The molecular weight excluding hydrogens is 237 g/mol. The molecule has 0 fully saturated rings. The molecule has 0 spiro atoms. The lowest BCUT2D eigenvalue weighted by Crippen LogP contribution is -2.10. The van der Waals surface area contributed by atoms with E-state index < -0.39 is 11.7 Å². The highest BCUT2D eigenvalue weighted by molar-refractivity contribution is 8.00. The number of alkyl halides is 3. The number of hydrogen-bond donors (Lipinski definition) is 0. The lowest BCUT2D eigenvalue weighted by Gasteiger charge is -2.10. The first-order valence-electron chi connectivity index (χ1n) is 4.81. The number of aldehydes is 1. The fourth-order valence-electron chi connectivity index (χ4n) is 1.84. The van der Waals surface area contributed by atoms with E-state index in [1.807, 2.05) is 0 Å². The van der Waals surface area contributed by atoms with Crippen molar-refractivity contribution in [1.29, 1.82) is 0 Å². The first-order valence-corrected chi connectivity index (χ1v) is 5.69. The van der Waals surface area contributed by atoms with E-state index in [0.717, 1.165) is 12.4 Å². The Bertz CT molecular complexity index is 414. The van der Waals surface area contributed by atoms with Gasteiger partial charge in [0.15, 0.2) is 0 Å². The van der Waals surface area contributed by atoms with Crippen LogP contribution in [0.3, 0.4) is 0 Å². The smallest absolute Gasteiger partial charge is 0.303 e. The molecule has 0 saturated carbocycles. The molecule has 1 aliphatic rings. The van der Waals surface area contributed by atoms with E-state index in [0.29, 0.717) is 23.3 Å². The molecule has 5 heteroatoms. The summed E-state index contributed by atoms with van der Waals surface area (Å²) in [5.74, 6) is 0. The quantitative estimate of drug-likeness (QED) is 0.745. The highest BCUT2D eigenvalue weighted by atomic mass is 32.2. The van der Waals surface area contributed by atoms with Crippen LogP contribution in [0.15, 0.2) is 23.1 Å². The summed E-state index contributed by atoms with van der Waals surface area (Å²) < 4.78 is 38.0. The van der Waals surface area contributed by atoms with Crippen molar-refractivity contribution in [2.24, 2.45) is 0 Å². The van der Waals surface area contributed by atoms with Gasteiger partial charge in [0.1, 0.15) is 6.29 Å². The molecule has 1 aromatic rings. The van der Waals surface area contributed by atoms with Gasteiger partial charge in [-0.05, 0) is 24.1 Å². The molecule has 1 aromatic carbocycles. The number of halogens is 3. The summed E-state index contributed by atoms with van der Waals surface area (Å²) in [7, 11) is 0. The van der Waals surface area contributed by atoms with Gasteiger partial charge >= 0.3 is 6.18 Å². The van der Waals surface area contributed by atoms with Crippen LogP contribution in [0.4, 0.5) is 13.2 Å². The van der Waals surface area contributed by atoms with Crippen molar-refractivity contribution in [3.63, 3.8) is 0 Å². The van der Waals surface area contributed by atoms with E-state index in [-0.39, 0.29) is 5.25 Å². The van der Waals surface area contributed by atoms with E-state index in [9.17, 15) is 18.0 Å². The van der Waals surface area contributed by atoms with Gasteiger partial charge in [-0.3, -0.25) is 0 Å². The lowest BCUT2D eigenvalue weighted by molar-refractivity contribution is -0.138. The average Bonchev–Trinajstić information content (AvgIpc) is 2.58. The van der Waals surface area contributed by atoms with Crippen LogP contribution in [0.5, 0.6) is 0 Å². The molecule has 0 bridgehead atoms. The molecule has 0 N–H and O–H groups in total. The lowest BCUT2D eigenvalue weighted by atomic mass is 10.0. The summed E-state index contributed by atoms with van der Waals surface area (Å²) in [5, 5.41) is -0.0454. The molecule has 0 radical (unpaired) electrons. The number of fused-ring (bicyclic) bond motifs is 1. The number of carbonyl (C=O) groups is 1. The van der Waals surface area contributed by atoms with E-state index in [1.165, 1.54) is 17.8 Å². The second-order valence-corrected chi connectivity index (χ2v) is 4.97. The Morgan fingerprint density at radius 1 is 1.44 bits per heavy atom. The van der Waals surface area contributed by atoms with Gasteiger partial charge in [0.2, 0.25) is 0 Å². The molecule has 1 unspecified atom stereocenters. The topological polar surface area (TPSA) is 17.1 Å². The Hall–Kier alpha value is -0.970. The molecule has 1 atom stereocenters. The molecule has 86 valence electrons. The molecule has 0 aliphatic carbocycles. The minimum Gasteiger partial charge on any atom is -0.303 e. The van der Waals surface area contributed by atoms with Crippen molar-refractivity contribution < 1.29 is 18.0 Å². The maximum atomic E-state index is 12.7. The zero-order chi connectivity index (χ0) is 11.8. The fourth-order valence-corrected chi connectivity index (χ4v) is 3.12. The zero-order valence-corrected chi connectivity index (χ0v) is 9.07. The molecule has 1 aliphatic heterocycles. The third kappa shape index (κ3) is 2.09. The summed E-state index contributed by atoms with van der Waals surface area (Å²) in [6.45, 7) is 0. The molecule has 0 aromatic heterocycles. The molecule has 1 heterocycles. The first-order chi connectivity index (χ1) is 7.52. The van der Waals surface area contributed by atoms with Gasteiger partial charge in [0.05, 0.1) is 5.56 Å². The highest BCUT2D eigenvalue weighted by Crippen LogP contribution is 2.44. The third-order valence-corrected chi connectivity index (χ3v) is 3.85. The van der Waals surface area contributed by atoms with Crippen molar-refractivity contribution in [3.8, 4) is 0 Å². The van der Waals surface area contributed by atoms with Crippen LogP contribution in [-0.4, -0.2) is 11.5 Å². The van der Waals surface area contributed by atoms with Crippen LogP contribution in [0.1, 0.15) is 17.5 Å². The van der Waals surface area contributed by atoms with Crippen molar-refractivity contribution in [2.75, 3.05) is 0 Å². The van der Waals surface area contributed by atoms with Gasteiger partial charge in [-0.2, -0.15) is 13.2 Å². The number of hydrogen-bond acceptors (Lipinski definition) is 2. The number of thioether (sulfide) groups is 1. The summed E-state index contributed by atoms with van der Waals surface area (Å²) in [5.41, 5.74) is -0.224. The summed E-state index contributed by atoms with van der Waals surface area (Å²) in [6, 6.07) is 4.20. The van der Waals surface area contributed by atoms with Crippen molar-refractivity contribution in [1.82, 2.24) is 0 Å². The van der Waals surface area contributed by atoms with Crippen LogP contribution < -0.4 is 0 Å². The van der Waals surface area contributed by atoms with E-state index in [1.54, 1.807) is 6.07 Å². The Balaban J connectivity index is 2.35. The Labute approximate surface area is 95.0 Å². The van der Waals surface area contributed by atoms with Crippen molar-refractivity contribution in [2.45, 2.75) is 29.2 Å². The normalized spacial score (nSPS) is 19.6. The highest BCUT2D eigenvalue weighted by Gasteiger charge is 2.37. The van der Waals surface area contributed by atoms with Gasteiger partial charge in [-0.25, -0.2) is 0 Å².